The van der Waals surface area contributed by atoms with Gasteiger partial charge < -0.3 is 10.3 Å². The molecule has 4 rings (SSSR count). The molecule has 2 atom stereocenters. The molecule has 0 spiro atoms. The first kappa shape index (κ1) is 16.7. The van der Waals surface area contributed by atoms with Crippen LogP contribution in [0.5, 0.6) is 0 Å². The third-order valence-corrected chi connectivity index (χ3v) is 4.93. The summed E-state index contributed by atoms with van der Waals surface area (Å²) in [5, 5.41) is 4.77. The van der Waals surface area contributed by atoms with Crippen LogP contribution in [0.15, 0.2) is 23.0 Å². The van der Waals surface area contributed by atoms with Crippen LogP contribution in [0.1, 0.15) is 25.1 Å². The minimum absolute atomic E-state index is 0. The molecule has 1 aromatic heterocycles. The third-order valence-electron chi connectivity index (χ3n) is 4.70. The maximum atomic E-state index is 12.2. The molecule has 23 heavy (non-hydrogen) atoms. The summed E-state index contributed by atoms with van der Waals surface area (Å²) in [5.41, 5.74) is 0.592. The molecule has 2 aliphatic rings. The first-order valence-corrected chi connectivity index (χ1v) is 8.22. The zero-order valence-corrected chi connectivity index (χ0v) is 14.3. The van der Waals surface area contributed by atoms with E-state index in [1.54, 1.807) is 12.1 Å². The van der Waals surface area contributed by atoms with Gasteiger partial charge in [0.2, 0.25) is 0 Å². The molecule has 2 N–H and O–H groups in total. The SMILES string of the molecule is Cl.O=c1[nH]c(CN2CCC3CCC(C2)N3)nc2ccc(Cl)cc12. The number of rotatable bonds is 2. The van der Waals surface area contributed by atoms with E-state index in [1.165, 1.54) is 19.3 Å². The Labute approximate surface area is 145 Å². The molecule has 7 heteroatoms. The molecule has 3 heterocycles. The van der Waals surface area contributed by atoms with Crippen molar-refractivity contribution in [2.75, 3.05) is 13.1 Å². The number of nitrogens with zero attached hydrogens (tertiary/aromatic N) is 2. The van der Waals surface area contributed by atoms with E-state index in [4.69, 9.17) is 11.6 Å². The Hall–Kier alpha value is -1.14. The molecular formula is C16H20Cl2N4O. The van der Waals surface area contributed by atoms with E-state index in [-0.39, 0.29) is 18.0 Å². The summed E-state index contributed by atoms with van der Waals surface area (Å²) < 4.78 is 0. The molecule has 2 bridgehead atoms. The zero-order valence-electron chi connectivity index (χ0n) is 12.7. The van der Waals surface area contributed by atoms with Gasteiger partial charge in [-0.1, -0.05) is 11.6 Å². The summed E-state index contributed by atoms with van der Waals surface area (Å²) in [4.78, 5) is 22.1. The van der Waals surface area contributed by atoms with Crippen molar-refractivity contribution >= 4 is 34.9 Å². The number of benzene rings is 1. The van der Waals surface area contributed by atoms with Crippen LogP contribution in [-0.4, -0.2) is 40.0 Å². The van der Waals surface area contributed by atoms with Gasteiger partial charge >= 0.3 is 0 Å². The predicted octanol–water partition coefficient (Wildman–Crippen LogP) is 2.32. The van der Waals surface area contributed by atoms with Crippen LogP contribution in [0.2, 0.25) is 5.02 Å². The number of nitrogens with one attached hydrogen (secondary N) is 2. The summed E-state index contributed by atoms with van der Waals surface area (Å²) in [5.74, 6) is 0.734. The lowest BCUT2D eigenvalue weighted by Crippen LogP contribution is -2.35. The molecule has 124 valence electrons. The van der Waals surface area contributed by atoms with Crippen molar-refractivity contribution in [2.24, 2.45) is 0 Å². The first-order chi connectivity index (χ1) is 10.7. The fraction of sp³-hybridized carbons (Fsp3) is 0.500. The van der Waals surface area contributed by atoms with E-state index in [9.17, 15) is 4.79 Å². The molecule has 0 radical (unpaired) electrons. The zero-order chi connectivity index (χ0) is 15.1. The smallest absolute Gasteiger partial charge is 0.258 e. The number of hydrogen-bond acceptors (Lipinski definition) is 4. The molecule has 2 unspecified atom stereocenters. The van der Waals surface area contributed by atoms with Gasteiger partial charge in [0, 0.05) is 30.2 Å². The Kier molecular flexibility index (Phi) is 4.92. The van der Waals surface area contributed by atoms with E-state index >= 15 is 0 Å². The Morgan fingerprint density at radius 3 is 2.96 bits per heavy atom. The molecule has 0 aliphatic carbocycles. The second kappa shape index (κ2) is 6.77. The molecule has 2 aromatic rings. The molecular weight excluding hydrogens is 335 g/mol. The summed E-state index contributed by atoms with van der Waals surface area (Å²) in [6.45, 7) is 2.77. The topological polar surface area (TPSA) is 61.0 Å². The number of hydrogen-bond donors (Lipinski definition) is 2. The lowest BCUT2D eigenvalue weighted by atomic mass is 10.1. The van der Waals surface area contributed by atoms with Gasteiger partial charge in [-0.3, -0.25) is 9.69 Å². The van der Waals surface area contributed by atoms with Crippen LogP contribution in [0.3, 0.4) is 0 Å². The Balaban J connectivity index is 0.00000156. The van der Waals surface area contributed by atoms with Crippen molar-refractivity contribution in [1.29, 1.82) is 0 Å². The normalized spacial score (nSPS) is 24.4. The van der Waals surface area contributed by atoms with Crippen molar-refractivity contribution < 1.29 is 0 Å². The quantitative estimate of drug-likeness (QED) is 0.868. The van der Waals surface area contributed by atoms with Crippen molar-refractivity contribution in [3.63, 3.8) is 0 Å². The number of fused-ring (bicyclic) bond motifs is 3. The monoisotopic (exact) mass is 354 g/mol. The lowest BCUT2D eigenvalue weighted by Gasteiger charge is -2.23. The molecule has 2 saturated heterocycles. The number of halogens is 2. The van der Waals surface area contributed by atoms with E-state index in [0.717, 1.165) is 18.9 Å². The molecule has 0 amide bonds. The van der Waals surface area contributed by atoms with Gasteiger partial charge in [-0.15, -0.1) is 12.4 Å². The molecule has 0 saturated carbocycles. The highest BCUT2D eigenvalue weighted by Gasteiger charge is 2.29. The first-order valence-electron chi connectivity index (χ1n) is 7.84. The molecule has 5 nitrogen and oxygen atoms in total. The van der Waals surface area contributed by atoms with E-state index in [1.807, 2.05) is 6.07 Å². The number of aromatic amines is 1. The van der Waals surface area contributed by atoms with Crippen LogP contribution in [0.25, 0.3) is 10.9 Å². The predicted molar refractivity (Wildman–Crippen MR) is 94.5 cm³/mol. The minimum Gasteiger partial charge on any atom is -0.310 e. The van der Waals surface area contributed by atoms with Crippen LogP contribution in [0.4, 0.5) is 0 Å². The number of H-pyrrole nitrogens is 1. The fourth-order valence-corrected chi connectivity index (χ4v) is 3.78. The van der Waals surface area contributed by atoms with Gasteiger partial charge in [0.1, 0.15) is 5.82 Å². The van der Waals surface area contributed by atoms with Crippen molar-refractivity contribution in [2.45, 2.75) is 37.9 Å². The van der Waals surface area contributed by atoms with Crippen molar-refractivity contribution in [3.05, 3.63) is 39.4 Å². The van der Waals surface area contributed by atoms with E-state index in [2.05, 4.69) is 20.2 Å². The van der Waals surface area contributed by atoms with Gasteiger partial charge in [0.25, 0.3) is 5.56 Å². The maximum Gasteiger partial charge on any atom is 0.258 e. The average Bonchev–Trinajstić information content (AvgIpc) is 2.83. The molecule has 1 aromatic carbocycles. The van der Waals surface area contributed by atoms with Crippen molar-refractivity contribution in [3.8, 4) is 0 Å². The van der Waals surface area contributed by atoms with E-state index in [0.29, 0.717) is 34.6 Å². The van der Waals surface area contributed by atoms with Crippen molar-refractivity contribution in [1.82, 2.24) is 20.2 Å². The Morgan fingerprint density at radius 1 is 1.26 bits per heavy atom. The Bertz CT molecular complexity index is 763. The largest absolute Gasteiger partial charge is 0.310 e. The summed E-state index contributed by atoms with van der Waals surface area (Å²) >= 11 is 5.94. The average molecular weight is 355 g/mol. The van der Waals surface area contributed by atoms with E-state index < -0.39 is 0 Å². The van der Waals surface area contributed by atoms with Crippen LogP contribution in [-0.2, 0) is 6.54 Å². The minimum atomic E-state index is -0.114. The van der Waals surface area contributed by atoms with Gasteiger partial charge in [0.15, 0.2) is 0 Å². The van der Waals surface area contributed by atoms with Gasteiger partial charge in [-0.2, -0.15) is 0 Å². The van der Waals surface area contributed by atoms with Crippen LogP contribution in [0, 0.1) is 0 Å². The fourth-order valence-electron chi connectivity index (χ4n) is 3.61. The van der Waals surface area contributed by atoms with Gasteiger partial charge in [0.05, 0.1) is 17.4 Å². The summed E-state index contributed by atoms with van der Waals surface area (Å²) in [6.07, 6.45) is 3.72. The third kappa shape index (κ3) is 3.53. The Morgan fingerprint density at radius 2 is 2.09 bits per heavy atom. The standard InChI is InChI=1S/C16H19ClN4O.ClH/c17-10-1-4-14-13(7-10)16(22)20-15(19-14)9-21-6-5-11-2-3-12(8-21)18-11;/h1,4,7,11-12,18H,2-3,5-6,8-9H2,(H,19,20,22);1H. The second-order valence-corrected chi connectivity index (χ2v) is 6.77. The van der Waals surface area contributed by atoms with Crippen LogP contribution < -0.4 is 10.9 Å². The highest BCUT2D eigenvalue weighted by Crippen LogP contribution is 2.21. The molecule has 2 aliphatic heterocycles. The highest BCUT2D eigenvalue weighted by atomic mass is 35.5. The number of aromatic nitrogens is 2. The van der Waals surface area contributed by atoms with Gasteiger partial charge in [-0.25, -0.2) is 4.98 Å². The summed E-state index contributed by atoms with van der Waals surface area (Å²) in [6, 6.07) is 6.50. The van der Waals surface area contributed by atoms with Crippen LogP contribution >= 0.6 is 24.0 Å². The highest BCUT2D eigenvalue weighted by molar-refractivity contribution is 6.31. The summed E-state index contributed by atoms with van der Waals surface area (Å²) in [7, 11) is 0. The second-order valence-electron chi connectivity index (χ2n) is 6.34. The maximum absolute atomic E-state index is 12.2. The number of likely N-dealkylation sites (tertiary alicyclic amines) is 1. The molecule has 2 fully saturated rings. The lowest BCUT2D eigenvalue weighted by molar-refractivity contribution is 0.245. The van der Waals surface area contributed by atoms with Gasteiger partial charge in [-0.05, 0) is 37.5 Å².